The van der Waals surface area contributed by atoms with E-state index in [1.807, 2.05) is 36.1 Å². The second kappa shape index (κ2) is 6.89. The van der Waals surface area contributed by atoms with Crippen LogP contribution in [0.2, 0.25) is 0 Å². The van der Waals surface area contributed by atoms with Gasteiger partial charge in [-0.15, -0.1) is 0 Å². The van der Waals surface area contributed by atoms with E-state index in [0.717, 1.165) is 25.2 Å². The van der Waals surface area contributed by atoms with E-state index in [-0.39, 0.29) is 11.9 Å². The molecule has 0 aromatic heterocycles. The molecule has 1 aliphatic heterocycles. The molecule has 1 aliphatic rings. The molecule has 1 amide bonds. The van der Waals surface area contributed by atoms with Gasteiger partial charge in [-0.1, -0.05) is 17.7 Å². The lowest BCUT2D eigenvalue weighted by Gasteiger charge is -2.33. The first-order chi connectivity index (χ1) is 9.58. The Hall–Kier alpha value is -1.35. The molecule has 1 aromatic carbocycles. The Balaban J connectivity index is 2.07. The SMILES string of the molecule is Cc1ccc(C(=O)N(CC2CCNCC2)C(C)C)cc1. The molecule has 1 saturated heterocycles. The number of hydrogen-bond donors (Lipinski definition) is 1. The Labute approximate surface area is 122 Å². The predicted molar refractivity (Wildman–Crippen MR) is 82.9 cm³/mol. The van der Waals surface area contributed by atoms with Crippen LogP contribution < -0.4 is 5.32 Å². The smallest absolute Gasteiger partial charge is 0.254 e. The average Bonchev–Trinajstić information content (AvgIpc) is 2.45. The summed E-state index contributed by atoms with van der Waals surface area (Å²) in [7, 11) is 0. The van der Waals surface area contributed by atoms with Crippen LogP contribution in [0.15, 0.2) is 24.3 Å². The molecule has 1 aromatic rings. The highest BCUT2D eigenvalue weighted by molar-refractivity contribution is 5.94. The molecular weight excluding hydrogens is 248 g/mol. The van der Waals surface area contributed by atoms with Crippen molar-refractivity contribution in [2.75, 3.05) is 19.6 Å². The van der Waals surface area contributed by atoms with E-state index < -0.39 is 0 Å². The van der Waals surface area contributed by atoms with Gasteiger partial charge in [0.05, 0.1) is 0 Å². The van der Waals surface area contributed by atoms with Crippen LogP contribution in [-0.2, 0) is 0 Å². The van der Waals surface area contributed by atoms with Gasteiger partial charge in [-0.2, -0.15) is 0 Å². The minimum Gasteiger partial charge on any atom is -0.336 e. The number of carbonyl (C=O) groups is 1. The highest BCUT2D eigenvalue weighted by Gasteiger charge is 2.23. The lowest BCUT2D eigenvalue weighted by molar-refractivity contribution is 0.0658. The maximum atomic E-state index is 12.7. The van der Waals surface area contributed by atoms with Crippen molar-refractivity contribution in [2.24, 2.45) is 5.92 Å². The minimum atomic E-state index is 0.165. The number of carbonyl (C=O) groups excluding carboxylic acids is 1. The first-order valence-electron chi connectivity index (χ1n) is 7.66. The standard InChI is InChI=1S/C17H26N2O/c1-13(2)19(12-15-8-10-18-11-9-15)17(20)16-6-4-14(3)5-7-16/h4-7,13,15,18H,8-12H2,1-3H3. The van der Waals surface area contributed by atoms with E-state index in [2.05, 4.69) is 19.2 Å². The summed E-state index contributed by atoms with van der Waals surface area (Å²) in [6.07, 6.45) is 2.34. The van der Waals surface area contributed by atoms with Gasteiger partial charge in [0.25, 0.3) is 5.91 Å². The fourth-order valence-electron chi connectivity index (χ4n) is 2.73. The van der Waals surface area contributed by atoms with E-state index in [0.29, 0.717) is 5.92 Å². The van der Waals surface area contributed by atoms with E-state index in [4.69, 9.17) is 0 Å². The molecule has 3 heteroatoms. The Morgan fingerprint density at radius 1 is 1.25 bits per heavy atom. The van der Waals surface area contributed by atoms with Crippen molar-refractivity contribution < 1.29 is 4.79 Å². The number of amides is 1. The first kappa shape index (κ1) is 15.0. The third-order valence-corrected chi connectivity index (χ3v) is 4.10. The van der Waals surface area contributed by atoms with Gasteiger partial charge in [0, 0.05) is 18.2 Å². The second-order valence-corrected chi connectivity index (χ2v) is 6.11. The predicted octanol–water partition coefficient (Wildman–Crippen LogP) is 2.85. The van der Waals surface area contributed by atoms with E-state index in [1.54, 1.807) is 0 Å². The van der Waals surface area contributed by atoms with Crippen molar-refractivity contribution in [1.29, 1.82) is 0 Å². The Kier molecular flexibility index (Phi) is 5.18. The zero-order valence-electron chi connectivity index (χ0n) is 12.9. The van der Waals surface area contributed by atoms with Crippen molar-refractivity contribution in [1.82, 2.24) is 10.2 Å². The highest BCUT2D eigenvalue weighted by Crippen LogP contribution is 2.17. The Morgan fingerprint density at radius 2 is 1.85 bits per heavy atom. The summed E-state index contributed by atoms with van der Waals surface area (Å²) in [5.74, 6) is 0.798. The molecule has 0 aliphatic carbocycles. The maximum Gasteiger partial charge on any atom is 0.254 e. The minimum absolute atomic E-state index is 0.165. The number of piperidine rings is 1. The molecule has 2 rings (SSSR count). The third kappa shape index (κ3) is 3.83. The first-order valence-corrected chi connectivity index (χ1v) is 7.66. The van der Waals surface area contributed by atoms with Gasteiger partial charge >= 0.3 is 0 Å². The van der Waals surface area contributed by atoms with Crippen molar-refractivity contribution in [3.63, 3.8) is 0 Å². The monoisotopic (exact) mass is 274 g/mol. The Bertz CT molecular complexity index is 433. The lowest BCUT2D eigenvalue weighted by Crippen LogP contribution is -2.42. The molecule has 1 heterocycles. The molecule has 3 nitrogen and oxygen atoms in total. The number of aryl methyl sites for hydroxylation is 1. The molecule has 1 N–H and O–H groups in total. The van der Waals surface area contributed by atoms with Crippen LogP contribution in [0, 0.1) is 12.8 Å². The topological polar surface area (TPSA) is 32.3 Å². The molecule has 0 saturated carbocycles. The molecule has 20 heavy (non-hydrogen) atoms. The summed E-state index contributed by atoms with van der Waals surface area (Å²) >= 11 is 0. The van der Waals surface area contributed by atoms with Gasteiger partial charge in [-0.25, -0.2) is 0 Å². The number of nitrogens with zero attached hydrogens (tertiary/aromatic N) is 1. The van der Waals surface area contributed by atoms with Crippen molar-refractivity contribution in [2.45, 2.75) is 39.7 Å². The van der Waals surface area contributed by atoms with Crippen LogP contribution >= 0.6 is 0 Å². The maximum absolute atomic E-state index is 12.7. The van der Waals surface area contributed by atoms with Crippen LogP contribution in [0.3, 0.4) is 0 Å². The molecule has 0 spiro atoms. The molecule has 0 unspecified atom stereocenters. The Morgan fingerprint density at radius 3 is 2.40 bits per heavy atom. The molecular formula is C17H26N2O. The molecule has 0 bridgehead atoms. The number of hydrogen-bond acceptors (Lipinski definition) is 2. The third-order valence-electron chi connectivity index (χ3n) is 4.10. The quantitative estimate of drug-likeness (QED) is 0.915. The zero-order valence-corrected chi connectivity index (χ0v) is 12.9. The van der Waals surface area contributed by atoms with Gasteiger partial charge < -0.3 is 10.2 Å². The fraction of sp³-hybridized carbons (Fsp3) is 0.588. The number of nitrogens with one attached hydrogen (secondary N) is 1. The average molecular weight is 274 g/mol. The number of benzene rings is 1. The van der Waals surface area contributed by atoms with Gasteiger partial charge in [0.2, 0.25) is 0 Å². The van der Waals surface area contributed by atoms with E-state index in [9.17, 15) is 4.79 Å². The van der Waals surface area contributed by atoms with Crippen LogP contribution in [-0.4, -0.2) is 36.5 Å². The summed E-state index contributed by atoms with van der Waals surface area (Å²) < 4.78 is 0. The molecule has 0 radical (unpaired) electrons. The van der Waals surface area contributed by atoms with Crippen LogP contribution in [0.5, 0.6) is 0 Å². The summed E-state index contributed by atoms with van der Waals surface area (Å²) in [6, 6.07) is 8.15. The van der Waals surface area contributed by atoms with Crippen LogP contribution in [0.25, 0.3) is 0 Å². The fourth-order valence-corrected chi connectivity index (χ4v) is 2.73. The van der Waals surface area contributed by atoms with Crippen molar-refractivity contribution in [3.8, 4) is 0 Å². The summed E-state index contributed by atoms with van der Waals surface area (Å²) in [5.41, 5.74) is 1.99. The highest BCUT2D eigenvalue weighted by atomic mass is 16.2. The molecule has 0 atom stereocenters. The van der Waals surface area contributed by atoms with Crippen molar-refractivity contribution in [3.05, 3.63) is 35.4 Å². The summed E-state index contributed by atoms with van der Waals surface area (Å²) in [5, 5.41) is 3.38. The van der Waals surface area contributed by atoms with Gasteiger partial charge in [-0.05, 0) is 64.8 Å². The van der Waals surface area contributed by atoms with Gasteiger partial charge in [0.15, 0.2) is 0 Å². The summed E-state index contributed by atoms with van der Waals surface area (Å²) in [4.78, 5) is 14.7. The molecule has 110 valence electrons. The number of rotatable bonds is 4. The van der Waals surface area contributed by atoms with Crippen LogP contribution in [0.1, 0.15) is 42.6 Å². The van der Waals surface area contributed by atoms with Crippen molar-refractivity contribution >= 4 is 5.91 Å². The van der Waals surface area contributed by atoms with Crippen LogP contribution in [0.4, 0.5) is 0 Å². The van der Waals surface area contributed by atoms with Gasteiger partial charge in [-0.3, -0.25) is 4.79 Å². The van der Waals surface area contributed by atoms with E-state index in [1.165, 1.54) is 18.4 Å². The lowest BCUT2D eigenvalue weighted by atomic mass is 9.96. The van der Waals surface area contributed by atoms with Gasteiger partial charge in [0.1, 0.15) is 0 Å². The largest absolute Gasteiger partial charge is 0.336 e. The molecule has 1 fully saturated rings. The summed E-state index contributed by atoms with van der Waals surface area (Å²) in [6.45, 7) is 9.29. The normalized spacial score (nSPS) is 16.4. The van der Waals surface area contributed by atoms with E-state index >= 15 is 0 Å². The second-order valence-electron chi connectivity index (χ2n) is 6.11. The zero-order chi connectivity index (χ0) is 14.5.